The summed E-state index contributed by atoms with van der Waals surface area (Å²) < 4.78 is 0. The Morgan fingerprint density at radius 2 is 1.38 bits per heavy atom. The molecule has 0 aliphatic heterocycles. The van der Waals surface area contributed by atoms with E-state index in [1.54, 1.807) is 0 Å². The van der Waals surface area contributed by atoms with Crippen molar-refractivity contribution >= 4 is 22.2 Å². The summed E-state index contributed by atoms with van der Waals surface area (Å²) >= 11 is 2.54. The monoisotopic (exact) mass is 258 g/mol. The Morgan fingerprint density at radius 1 is 0.923 bits per heavy atom. The molecule has 7 heteroatoms. The van der Waals surface area contributed by atoms with Crippen molar-refractivity contribution in [1.29, 1.82) is 0 Å². The van der Waals surface area contributed by atoms with Crippen LogP contribution < -0.4 is 0 Å². The topological polar surface area (TPSA) is 118 Å². The van der Waals surface area contributed by atoms with Crippen molar-refractivity contribution in [3.8, 4) is 0 Å². The van der Waals surface area contributed by atoms with E-state index >= 15 is 0 Å². The predicted molar refractivity (Wildman–Crippen MR) is 45.0 cm³/mol. The summed E-state index contributed by atoms with van der Waals surface area (Å²) in [5.74, 6) is 0. The summed E-state index contributed by atoms with van der Waals surface area (Å²) in [6.45, 7) is 0. The van der Waals surface area contributed by atoms with E-state index in [2.05, 4.69) is 15.9 Å². The van der Waals surface area contributed by atoms with Crippen molar-refractivity contribution in [1.82, 2.24) is 0 Å². The highest BCUT2D eigenvalue weighted by atomic mass is 79.9. The lowest BCUT2D eigenvalue weighted by Gasteiger charge is -2.24. The smallest absolute Gasteiger partial charge is 0.151 e. The first-order valence-electron chi connectivity index (χ1n) is 3.41. The molecule has 0 fully saturated rings. The number of rotatable bonds is 5. The molecule has 0 saturated heterocycles. The van der Waals surface area contributed by atoms with E-state index in [4.69, 9.17) is 25.5 Å². The Bertz CT molecular complexity index is 163. The molecule has 0 aliphatic carbocycles. The molecule has 0 aromatic heterocycles. The maximum absolute atomic E-state index is 9.97. The molecule has 5 N–H and O–H groups in total. The molecule has 78 valence electrons. The number of halogens is 1. The molecule has 0 radical (unpaired) electrons. The van der Waals surface area contributed by atoms with E-state index in [0.29, 0.717) is 0 Å². The maximum Gasteiger partial charge on any atom is 0.151 e. The lowest BCUT2D eigenvalue weighted by atomic mass is 10.0. The first-order chi connectivity index (χ1) is 5.91. The third kappa shape index (κ3) is 3.67. The number of alkyl halides is 1. The van der Waals surface area contributed by atoms with Crippen molar-refractivity contribution in [2.45, 2.75) is 29.4 Å². The highest BCUT2D eigenvalue weighted by molar-refractivity contribution is 9.09. The summed E-state index contributed by atoms with van der Waals surface area (Å²) in [5, 5.41) is 43.0. The fourth-order valence-corrected chi connectivity index (χ4v) is 0.960. The Balaban J connectivity index is 4.23. The predicted octanol–water partition coefficient (Wildman–Crippen LogP) is -2.66. The van der Waals surface area contributed by atoms with Gasteiger partial charge in [0.15, 0.2) is 6.29 Å². The van der Waals surface area contributed by atoms with Crippen LogP contribution in [0, 0.1) is 0 Å². The molecule has 0 spiro atoms. The molecule has 0 amide bonds. The van der Waals surface area contributed by atoms with Crippen LogP contribution in [0.25, 0.3) is 0 Å². The first kappa shape index (κ1) is 12.9. The van der Waals surface area contributed by atoms with Crippen molar-refractivity contribution in [2.24, 2.45) is 0 Å². The molecular formula is C6H11BrO6. The average molecular weight is 259 g/mol. The normalized spacial score (nSPS) is 22.9. The van der Waals surface area contributed by atoms with Crippen LogP contribution in [0.1, 0.15) is 0 Å². The third-order valence-electron chi connectivity index (χ3n) is 1.47. The van der Waals surface area contributed by atoms with Gasteiger partial charge in [0.2, 0.25) is 0 Å². The van der Waals surface area contributed by atoms with Gasteiger partial charge in [0.1, 0.15) is 29.4 Å². The quantitative estimate of drug-likeness (QED) is 0.272. The van der Waals surface area contributed by atoms with Gasteiger partial charge in [-0.15, -0.1) is 0 Å². The van der Waals surface area contributed by atoms with Crippen LogP contribution in [0.15, 0.2) is 0 Å². The fourth-order valence-electron chi connectivity index (χ4n) is 0.647. The highest BCUT2D eigenvalue weighted by Crippen LogP contribution is 2.11. The van der Waals surface area contributed by atoms with Gasteiger partial charge in [-0.25, -0.2) is 0 Å². The van der Waals surface area contributed by atoms with Gasteiger partial charge >= 0.3 is 0 Å². The number of carbonyl (C=O) groups is 1. The highest BCUT2D eigenvalue weighted by Gasteiger charge is 2.33. The second-order valence-electron chi connectivity index (χ2n) is 2.47. The van der Waals surface area contributed by atoms with E-state index in [0.717, 1.165) is 0 Å². The number of aliphatic hydroxyl groups excluding tert-OH is 5. The average Bonchev–Trinajstić information content (AvgIpc) is 2.12. The molecule has 5 unspecified atom stereocenters. The van der Waals surface area contributed by atoms with Gasteiger partial charge in [-0.3, -0.25) is 0 Å². The molecule has 6 nitrogen and oxygen atoms in total. The van der Waals surface area contributed by atoms with Crippen LogP contribution in [0.4, 0.5) is 0 Å². The first-order valence-corrected chi connectivity index (χ1v) is 4.33. The third-order valence-corrected chi connectivity index (χ3v) is 2.01. The lowest BCUT2D eigenvalue weighted by molar-refractivity contribution is -0.137. The fraction of sp³-hybridized carbons (Fsp3) is 0.833. The Hall–Kier alpha value is -0.0500. The lowest BCUT2D eigenvalue weighted by Crippen LogP contribution is -2.48. The van der Waals surface area contributed by atoms with Crippen LogP contribution >= 0.6 is 15.9 Å². The SMILES string of the molecule is O=CC(O)C(O)C(O)C(O)C(O)Br. The van der Waals surface area contributed by atoms with Gasteiger partial charge in [-0.05, 0) is 0 Å². The van der Waals surface area contributed by atoms with Crippen LogP contribution in [-0.4, -0.2) is 61.2 Å². The molecule has 0 aromatic carbocycles. The molecule has 0 aromatic rings. The van der Waals surface area contributed by atoms with Crippen molar-refractivity contribution < 1.29 is 30.3 Å². The Morgan fingerprint density at radius 3 is 1.69 bits per heavy atom. The number of aliphatic hydroxyl groups is 5. The minimum atomic E-state index is -1.83. The molecule has 0 rings (SSSR count). The second-order valence-corrected chi connectivity index (χ2v) is 3.41. The molecule has 0 heterocycles. The van der Waals surface area contributed by atoms with Gasteiger partial charge in [0, 0.05) is 0 Å². The minimum Gasteiger partial charge on any atom is -0.387 e. The van der Waals surface area contributed by atoms with Crippen LogP contribution in [0.3, 0.4) is 0 Å². The number of carbonyl (C=O) groups excluding carboxylic acids is 1. The Labute approximate surface area is 82.6 Å². The Kier molecular flexibility index (Phi) is 5.61. The summed E-state index contributed by atoms with van der Waals surface area (Å²) in [5.41, 5.74) is 0. The van der Waals surface area contributed by atoms with Gasteiger partial charge in [-0.2, -0.15) is 0 Å². The molecular weight excluding hydrogens is 248 g/mol. The van der Waals surface area contributed by atoms with Gasteiger partial charge < -0.3 is 30.3 Å². The van der Waals surface area contributed by atoms with Crippen LogP contribution in [0.5, 0.6) is 0 Å². The van der Waals surface area contributed by atoms with Gasteiger partial charge in [0.25, 0.3) is 0 Å². The summed E-state index contributed by atoms with van der Waals surface area (Å²) in [6, 6.07) is 0. The molecule has 13 heavy (non-hydrogen) atoms. The molecule has 0 aliphatic rings. The van der Waals surface area contributed by atoms with Crippen LogP contribution in [-0.2, 0) is 4.79 Å². The van der Waals surface area contributed by atoms with Gasteiger partial charge in [0.05, 0.1) is 0 Å². The second kappa shape index (κ2) is 5.63. The standard InChI is InChI=1S/C6H11BrO6/c7-6(13)5(12)4(11)3(10)2(9)1-8/h1-6,9-13H. The van der Waals surface area contributed by atoms with E-state index in [1.807, 2.05) is 0 Å². The molecule has 5 atom stereocenters. The zero-order chi connectivity index (χ0) is 10.6. The van der Waals surface area contributed by atoms with Crippen molar-refractivity contribution in [3.05, 3.63) is 0 Å². The summed E-state index contributed by atoms with van der Waals surface area (Å²) in [7, 11) is 0. The zero-order valence-corrected chi connectivity index (χ0v) is 8.07. The number of aldehydes is 1. The summed E-state index contributed by atoms with van der Waals surface area (Å²) in [6.07, 6.45) is -7.11. The summed E-state index contributed by atoms with van der Waals surface area (Å²) in [4.78, 5) is 9.97. The number of hydrogen-bond acceptors (Lipinski definition) is 6. The molecule has 0 saturated carbocycles. The number of hydrogen-bond donors (Lipinski definition) is 5. The van der Waals surface area contributed by atoms with E-state index in [-0.39, 0.29) is 6.29 Å². The minimum absolute atomic E-state index is 0.0151. The van der Waals surface area contributed by atoms with E-state index in [1.165, 1.54) is 0 Å². The van der Waals surface area contributed by atoms with E-state index < -0.39 is 29.4 Å². The maximum atomic E-state index is 9.97. The zero-order valence-electron chi connectivity index (χ0n) is 6.49. The molecule has 0 bridgehead atoms. The van der Waals surface area contributed by atoms with Crippen LogP contribution in [0.2, 0.25) is 0 Å². The van der Waals surface area contributed by atoms with Gasteiger partial charge in [-0.1, -0.05) is 15.9 Å². The van der Waals surface area contributed by atoms with Crippen molar-refractivity contribution in [3.63, 3.8) is 0 Å². The largest absolute Gasteiger partial charge is 0.387 e. The van der Waals surface area contributed by atoms with Crippen molar-refractivity contribution in [2.75, 3.05) is 0 Å². The van der Waals surface area contributed by atoms with E-state index in [9.17, 15) is 4.79 Å².